The van der Waals surface area contributed by atoms with E-state index < -0.39 is 5.97 Å². The molecule has 48 heavy (non-hydrogen) atoms. The summed E-state index contributed by atoms with van der Waals surface area (Å²) in [6.07, 6.45) is 18.8. The van der Waals surface area contributed by atoms with E-state index in [0.717, 1.165) is 46.4 Å². The topological polar surface area (TPSA) is 89.9 Å². The first-order valence-electron chi connectivity index (χ1n) is 15.7. The summed E-state index contributed by atoms with van der Waals surface area (Å²) in [5, 5.41) is 8.61. The van der Waals surface area contributed by atoms with E-state index in [-0.39, 0.29) is 31.0 Å². The van der Waals surface area contributed by atoms with Crippen LogP contribution in [0.1, 0.15) is 71.2 Å². The Morgan fingerprint density at radius 2 is 1.54 bits per heavy atom. The van der Waals surface area contributed by atoms with Crippen molar-refractivity contribution in [2.75, 3.05) is 13.7 Å². The zero-order chi connectivity index (χ0) is 35.2. The molecule has 0 fully saturated rings. The lowest BCUT2D eigenvalue weighted by molar-refractivity contribution is -0.144. The number of ether oxygens (including phenoxy) is 2. The molecule has 2 unspecified atom stereocenters. The number of carbonyl (C=O) groups is 3. The van der Waals surface area contributed by atoms with Gasteiger partial charge in [-0.3, -0.25) is 14.4 Å². The molecule has 2 aromatic rings. The van der Waals surface area contributed by atoms with E-state index >= 15 is 0 Å². The first-order valence-corrected chi connectivity index (χ1v) is 15.7. The number of hydrogen-bond donors (Lipinski definition) is 1. The minimum absolute atomic E-state index is 0. The number of rotatable bonds is 14. The van der Waals surface area contributed by atoms with Crippen LogP contribution in [0.2, 0.25) is 0 Å². The standard InChI is InChI=1S/C21H20O2.C10H16O2.C10H14O2.CH4/c1-16(22)18-7-9-19(10-8-18)20-11-13-21(14-12-20)23-15-17-5-3-2-4-6-17;1-5-6-8(2)7-9(3)10(11)12-4;1-4-6-9(5-2)7-8(3)10(11)12;/h3,5-14H,2,4,15H2,1H3;5-6,9H,2,7H2,1,3-4H3;4-6,8H,1-2,7H2,3H3,(H,11,12);1H4/b;6-5-;9-6+;. The molecule has 6 heteroatoms. The molecular formula is C42H54O6. The largest absolute Gasteiger partial charge is 0.489 e. The van der Waals surface area contributed by atoms with Crippen molar-refractivity contribution in [3.05, 3.63) is 139 Å². The lowest BCUT2D eigenvalue weighted by Crippen LogP contribution is -2.12. The summed E-state index contributed by atoms with van der Waals surface area (Å²) in [5.74, 6) is -0.472. The lowest BCUT2D eigenvalue weighted by Gasteiger charge is -2.10. The van der Waals surface area contributed by atoms with Crippen molar-refractivity contribution in [1.29, 1.82) is 0 Å². The number of ketones is 1. The number of Topliss-reactive ketones (excluding diaryl/α,β-unsaturated/α-hetero) is 1. The lowest BCUT2D eigenvalue weighted by atomic mass is 10.0. The molecule has 0 bridgehead atoms. The molecule has 0 saturated heterocycles. The maximum Gasteiger partial charge on any atom is 0.308 e. The zero-order valence-corrected chi connectivity index (χ0v) is 28.5. The SMILES string of the molecule is C.C=C(/C=C\C)CC(C)C(=O)OC.C=C/C=C(\C=C)CC(C)C(=O)O.CC(=O)c1ccc(-c2ccc(OCC3=CCCC=C3)cc2)cc1. The molecule has 0 radical (unpaired) electrons. The van der Waals surface area contributed by atoms with Crippen LogP contribution in [-0.4, -0.2) is 36.5 Å². The fourth-order valence-electron chi connectivity index (χ4n) is 4.38. The summed E-state index contributed by atoms with van der Waals surface area (Å²) in [4.78, 5) is 32.7. The Hall–Kier alpha value is -4.97. The number of carboxylic acid groups (broad SMARTS) is 1. The third-order valence-corrected chi connectivity index (χ3v) is 7.09. The van der Waals surface area contributed by atoms with Gasteiger partial charge in [-0.15, -0.1) is 0 Å². The molecule has 0 heterocycles. The fourth-order valence-corrected chi connectivity index (χ4v) is 4.38. The van der Waals surface area contributed by atoms with E-state index in [1.807, 2.05) is 74.5 Å². The maximum atomic E-state index is 11.3. The Kier molecular flexibility index (Phi) is 21.7. The summed E-state index contributed by atoms with van der Waals surface area (Å²) < 4.78 is 10.4. The van der Waals surface area contributed by atoms with Crippen molar-refractivity contribution in [2.45, 2.75) is 60.8 Å². The van der Waals surface area contributed by atoms with Gasteiger partial charge in [-0.25, -0.2) is 0 Å². The predicted octanol–water partition coefficient (Wildman–Crippen LogP) is 10.6. The Labute approximate surface area is 288 Å². The second-order valence-corrected chi connectivity index (χ2v) is 11.1. The van der Waals surface area contributed by atoms with Gasteiger partial charge in [-0.1, -0.05) is 132 Å². The van der Waals surface area contributed by atoms with Crippen molar-refractivity contribution in [3.8, 4) is 16.9 Å². The molecule has 0 aromatic heterocycles. The van der Waals surface area contributed by atoms with Crippen LogP contribution in [0.4, 0.5) is 0 Å². The minimum atomic E-state index is -0.785. The van der Waals surface area contributed by atoms with Gasteiger partial charge < -0.3 is 14.6 Å². The Bertz CT molecular complexity index is 1450. The first kappa shape index (κ1) is 43.0. The number of benzene rings is 2. The second kappa shape index (κ2) is 24.2. The van der Waals surface area contributed by atoms with Gasteiger partial charge in [0.1, 0.15) is 12.4 Å². The second-order valence-electron chi connectivity index (χ2n) is 11.1. The summed E-state index contributed by atoms with van der Waals surface area (Å²) in [5.41, 5.74) is 6.04. The van der Waals surface area contributed by atoms with Gasteiger partial charge in [-0.2, -0.15) is 0 Å². The summed E-state index contributed by atoms with van der Waals surface area (Å²) in [6.45, 7) is 18.5. The van der Waals surface area contributed by atoms with Crippen LogP contribution in [0.25, 0.3) is 11.1 Å². The zero-order valence-electron chi connectivity index (χ0n) is 28.5. The third kappa shape index (κ3) is 17.1. The highest BCUT2D eigenvalue weighted by molar-refractivity contribution is 5.94. The Morgan fingerprint density at radius 1 is 0.938 bits per heavy atom. The van der Waals surface area contributed by atoms with Crippen LogP contribution in [0.5, 0.6) is 5.75 Å². The average Bonchev–Trinajstić information content (AvgIpc) is 3.08. The van der Waals surface area contributed by atoms with Crippen molar-refractivity contribution < 1.29 is 29.0 Å². The Balaban J connectivity index is 0.000000757. The van der Waals surface area contributed by atoms with E-state index in [9.17, 15) is 14.4 Å². The predicted molar refractivity (Wildman–Crippen MR) is 200 cm³/mol. The van der Waals surface area contributed by atoms with E-state index in [1.54, 1.807) is 32.1 Å². The van der Waals surface area contributed by atoms with Crippen molar-refractivity contribution in [2.24, 2.45) is 11.8 Å². The molecule has 0 spiro atoms. The number of hydrogen-bond acceptors (Lipinski definition) is 5. The first-order chi connectivity index (χ1) is 22.4. The minimum Gasteiger partial charge on any atom is -0.489 e. The van der Waals surface area contributed by atoms with E-state index in [2.05, 4.69) is 42.7 Å². The van der Waals surface area contributed by atoms with Crippen LogP contribution in [0.15, 0.2) is 134 Å². The smallest absolute Gasteiger partial charge is 0.308 e. The molecule has 258 valence electrons. The maximum absolute atomic E-state index is 11.3. The average molecular weight is 655 g/mol. The van der Waals surface area contributed by atoms with Gasteiger partial charge in [0.05, 0.1) is 18.9 Å². The summed E-state index contributed by atoms with van der Waals surface area (Å²) in [6, 6.07) is 15.7. The highest BCUT2D eigenvalue weighted by Gasteiger charge is 2.13. The number of allylic oxidation sites excluding steroid dienone is 9. The molecule has 0 amide bonds. The van der Waals surface area contributed by atoms with Crippen LogP contribution >= 0.6 is 0 Å². The number of esters is 1. The monoisotopic (exact) mass is 654 g/mol. The Morgan fingerprint density at radius 3 is 2.00 bits per heavy atom. The van der Waals surface area contributed by atoms with Gasteiger partial charge in [0.2, 0.25) is 0 Å². The van der Waals surface area contributed by atoms with Gasteiger partial charge in [0, 0.05) is 5.56 Å². The number of carbonyl (C=O) groups excluding carboxylic acids is 2. The summed E-state index contributed by atoms with van der Waals surface area (Å²) in [7, 11) is 1.40. The number of aliphatic carboxylic acids is 1. The molecule has 3 rings (SSSR count). The molecule has 0 saturated carbocycles. The van der Waals surface area contributed by atoms with Gasteiger partial charge in [0.25, 0.3) is 0 Å². The molecule has 2 aromatic carbocycles. The van der Waals surface area contributed by atoms with E-state index in [1.165, 1.54) is 12.7 Å². The molecule has 1 N–H and O–H groups in total. The summed E-state index contributed by atoms with van der Waals surface area (Å²) >= 11 is 0. The van der Waals surface area contributed by atoms with Crippen LogP contribution < -0.4 is 4.74 Å². The van der Waals surface area contributed by atoms with E-state index in [4.69, 9.17) is 9.84 Å². The number of carboxylic acids is 1. The van der Waals surface area contributed by atoms with Crippen molar-refractivity contribution >= 4 is 17.7 Å². The highest BCUT2D eigenvalue weighted by atomic mass is 16.5. The van der Waals surface area contributed by atoms with Gasteiger partial charge in [0.15, 0.2) is 5.78 Å². The van der Waals surface area contributed by atoms with Crippen LogP contribution in [0, 0.1) is 11.8 Å². The van der Waals surface area contributed by atoms with Gasteiger partial charge in [-0.05, 0) is 73.9 Å². The third-order valence-electron chi connectivity index (χ3n) is 7.09. The molecule has 0 aliphatic heterocycles. The fraction of sp³-hybridized carbons (Fsp3) is 0.310. The van der Waals surface area contributed by atoms with Crippen LogP contribution in [-0.2, 0) is 14.3 Å². The van der Waals surface area contributed by atoms with Crippen molar-refractivity contribution in [3.63, 3.8) is 0 Å². The normalized spacial score (nSPS) is 13.1. The van der Waals surface area contributed by atoms with Gasteiger partial charge >= 0.3 is 11.9 Å². The van der Waals surface area contributed by atoms with Crippen LogP contribution in [0.3, 0.4) is 0 Å². The molecule has 1 aliphatic carbocycles. The molecular weight excluding hydrogens is 600 g/mol. The molecule has 6 nitrogen and oxygen atoms in total. The van der Waals surface area contributed by atoms with E-state index in [0.29, 0.717) is 19.4 Å². The van der Waals surface area contributed by atoms with Crippen molar-refractivity contribution in [1.82, 2.24) is 0 Å². The quantitative estimate of drug-likeness (QED) is 0.124. The highest BCUT2D eigenvalue weighted by Crippen LogP contribution is 2.24. The molecule has 2 atom stereocenters. The number of methoxy groups -OCH3 is 1. The molecule has 1 aliphatic rings.